The van der Waals surface area contributed by atoms with Crippen LogP contribution in [-0.2, 0) is 20.2 Å². The summed E-state index contributed by atoms with van der Waals surface area (Å²) in [4.78, 5) is 13.8. The number of nitrogens with zero attached hydrogens (tertiary/aromatic N) is 6. The van der Waals surface area contributed by atoms with Crippen molar-refractivity contribution in [3.8, 4) is 0 Å². The van der Waals surface area contributed by atoms with Crippen LogP contribution in [0.3, 0.4) is 0 Å². The molecule has 2 aromatic rings. The summed E-state index contributed by atoms with van der Waals surface area (Å²) in [5.41, 5.74) is 0.107. The lowest BCUT2D eigenvalue weighted by Crippen LogP contribution is -2.60. The molecule has 4 heterocycles. The molecule has 0 bridgehead atoms. The maximum Gasteiger partial charge on any atom is 0.282 e. The fourth-order valence-electron chi connectivity index (χ4n) is 5.75. The number of H-pyrrole nitrogens is 1. The van der Waals surface area contributed by atoms with E-state index in [0.29, 0.717) is 31.6 Å². The number of hydrogen-bond donors (Lipinski definition) is 1. The summed E-state index contributed by atoms with van der Waals surface area (Å²) in [7, 11) is -6.56. The number of anilines is 1. The van der Waals surface area contributed by atoms with Crippen LogP contribution >= 0.6 is 0 Å². The Balaban J connectivity index is 1.19. The smallest absolute Gasteiger partial charge is 0.282 e. The molecular weight excluding hydrogens is 528 g/mol. The van der Waals surface area contributed by atoms with Crippen molar-refractivity contribution in [3.63, 3.8) is 0 Å². The summed E-state index contributed by atoms with van der Waals surface area (Å²) >= 11 is 0. The Morgan fingerprint density at radius 3 is 2.59 bits per heavy atom. The van der Waals surface area contributed by atoms with Crippen molar-refractivity contribution in [1.29, 1.82) is 0 Å². The molecule has 2 saturated heterocycles. The monoisotopic (exact) mass is 559 g/mol. The van der Waals surface area contributed by atoms with Crippen molar-refractivity contribution in [2.75, 3.05) is 50.4 Å². The first-order chi connectivity index (χ1) is 17.4. The van der Waals surface area contributed by atoms with E-state index in [1.807, 2.05) is 6.07 Å². The van der Waals surface area contributed by atoms with Crippen molar-refractivity contribution in [1.82, 2.24) is 27.9 Å². The standard InChI is InChI=1S/C22H31F2N7O4S2/c1-28(11-17-10-22(23,24)14-30(17)36(32,33)12-16-2-3-16)37(34,35)31-9-8-29(13-21(31)5-6-21)20-18-4-7-25-19(18)26-15-27-20/h4,7,15-17H,2-3,5-6,8-14H2,1H3,(H,25,26,27)/t17-/m0/s1. The highest BCUT2D eigenvalue weighted by Crippen LogP contribution is 2.47. The van der Waals surface area contributed by atoms with Crippen LogP contribution in [0.1, 0.15) is 32.1 Å². The fraction of sp³-hybridized carbons (Fsp3) is 0.727. The van der Waals surface area contributed by atoms with Gasteiger partial charge in [-0.15, -0.1) is 0 Å². The second-order valence-corrected chi connectivity index (χ2v) is 14.9. The average molecular weight is 560 g/mol. The predicted molar refractivity (Wildman–Crippen MR) is 133 cm³/mol. The highest BCUT2D eigenvalue weighted by atomic mass is 32.2. The summed E-state index contributed by atoms with van der Waals surface area (Å²) in [6, 6.07) is 0.791. The van der Waals surface area contributed by atoms with Gasteiger partial charge in [0.05, 0.1) is 23.2 Å². The van der Waals surface area contributed by atoms with Crippen LogP contribution in [0.15, 0.2) is 18.6 Å². The normalized spacial score (nSPS) is 26.5. The predicted octanol–water partition coefficient (Wildman–Crippen LogP) is 1.24. The van der Waals surface area contributed by atoms with Crippen LogP contribution in [-0.4, -0.2) is 108 Å². The molecule has 0 unspecified atom stereocenters. The van der Waals surface area contributed by atoms with E-state index < -0.39 is 50.7 Å². The number of sulfonamides is 1. The number of likely N-dealkylation sites (N-methyl/N-ethyl adjacent to an activating group) is 1. The Hall–Kier alpha value is -1.94. The van der Waals surface area contributed by atoms with Crippen molar-refractivity contribution in [3.05, 3.63) is 18.6 Å². The van der Waals surface area contributed by atoms with E-state index >= 15 is 0 Å². The molecular formula is C22H31F2N7O4S2. The highest BCUT2D eigenvalue weighted by molar-refractivity contribution is 7.89. The first kappa shape index (κ1) is 25.3. The van der Waals surface area contributed by atoms with Gasteiger partial charge in [0.25, 0.3) is 16.1 Å². The zero-order chi connectivity index (χ0) is 26.2. The SMILES string of the molecule is CN(C[C@@H]1CC(F)(F)CN1S(=O)(=O)CC1CC1)S(=O)(=O)N1CCN(c2ncnc3[nH]ccc23)CC12CC2. The zero-order valence-corrected chi connectivity index (χ0v) is 22.2. The van der Waals surface area contributed by atoms with Crippen LogP contribution in [0.2, 0.25) is 0 Å². The Kier molecular flexibility index (Phi) is 5.84. The van der Waals surface area contributed by atoms with Crippen molar-refractivity contribution < 1.29 is 25.6 Å². The molecule has 37 heavy (non-hydrogen) atoms. The number of aromatic amines is 1. The zero-order valence-electron chi connectivity index (χ0n) is 20.6. The molecule has 1 N–H and O–H groups in total. The number of aromatic nitrogens is 3. The molecule has 0 amide bonds. The Morgan fingerprint density at radius 2 is 1.89 bits per heavy atom. The molecule has 4 aliphatic rings. The van der Waals surface area contributed by atoms with Gasteiger partial charge in [0.15, 0.2) is 0 Å². The molecule has 2 aromatic heterocycles. The van der Waals surface area contributed by atoms with Gasteiger partial charge in [-0.2, -0.15) is 21.3 Å². The molecule has 204 valence electrons. The minimum absolute atomic E-state index is 0.00902. The number of hydrogen-bond acceptors (Lipinski definition) is 7. The Morgan fingerprint density at radius 1 is 1.14 bits per heavy atom. The first-order valence-electron chi connectivity index (χ1n) is 12.5. The molecule has 15 heteroatoms. The number of halogens is 2. The van der Waals surface area contributed by atoms with Crippen molar-refractivity contribution in [2.24, 2.45) is 5.92 Å². The number of fused-ring (bicyclic) bond motifs is 1. The van der Waals surface area contributed by atoms with E-state index in [9.17, 15) is 25.6 Å². The molecule has 4 fully saturated rings. The van der Waals surface area contributed by atoms with Crippen LogP contribution in [0.4, 0.5) is 14.6 Å². The molecule has 6 rings (SSSR count). The second kappa shape index (κ2) is 8.53. The highest BCUT2D eigenvalue weighted by Gasteiger charge is 2.58. The molecule has 2 aliphatic carbocycles. The van der Waals surface area contributed by atoms with E-state index in [-0.39, 0.29) is 24.8 Å². The summed E-state index contributed by atoms with van der Waals surface area (Å²) in [5, 5.41) is 0.862. The lowest BCUT2D eigenvalue weighted by atomic mass is 10.2. The molecule has 1 atom stereocenters. The summed E-state index contributed by atoms with van der Waals surface area (Å²) in [5.74, 6) is -2.59. The third kappa shape index (κ3) is 4.62. The van der Waals surface area contributed by atoms with E-state index in [1.165, 1.54) is 17.7 Å². The third-order valence-corrected chi connectivity index (χ3v) is 12.1. The van der Waals surface area contributed by atoms with Crippen LogP contribution in [0, 0.1) is 5.92 Å². The van der Waals surface area contributed by atoms with E-state index in [2.05, 4.69) is 19.9 Å². The Labute approximate surface area is 215 Å². The van der Waals surface area contributed by atoms with Gasteiger partial charge in [-0.25, -0.2) is 27.2 Å². The number of rotatable bonds is 8. The topological polar surface area (TPSA) is 123 Å². The minimum Gasteiger partial charge on any atom is -0.353 e. The number of alkyl halides is 2. The minimum atomic E-state index is -4.01. The quantitative estimate of drug-likeness (QED) is 0.516. The Bertz CT molecular complexity index is 1410. The van der Waals surface area contributed by atoms with E-state index in [4.69, 9.17) is 0 Å². The van der Waals surface area contributed by atoms with Gasteiger partial charge in [-0.05, 0) is 37.7 Å². The maximum absolute atomic E-state index is 14.4. The number of nitrogens with one attached hydrogen (secondary N) is 1. The second-order valence-electron chi connectivity index (χ2n) is 10.9. The summed E-state index contributed by atoms with van der Waals surface area (Å²) in [6.07, 6.45) is 5.50. The van der Waals surface area contributed by atoms with Gasteiger partial charge in [0, 0.05) is 51.9 Å². The van der Waals surface area contributed by atoms with E-state index in [1.54, 1.807) is 6.20 Å². The molecule has 2 saturated carbocycles. The largest absolute Gasteiger partial charge is 0.353 e. The average Bonchev–Trinajstić information content (AvgIpc) is 3.71. The van der Waals surface area contributed by atoms with Gasteiger partial charge in [0.2, 0.25) is 10.0 Å². The molecule has 2 aliphatic heterocycles. The van der Waals surface area contributed by atoms with Gasteiger partial charge in [-0.1, -0.05) is 0 Å². The molecule has 0 radical (unpaired) electrons. The summed E-state index contributed by atoms with van der Waals surface area (Å²) in [6.45, 7) is -0.118. The molecule has 0 aromatic carbocycles. The van der Waals surface area contributed by atoms with Crippen molar-refractivity contribution in [2.45, 2.75) is 49.6 Å². The van der Waals surface area contributed by atoms with E-state index in [0.717, 1.165) is 32.7 Å². The van der Waals surface area contributed by atoms with Gasteiger partial charge >= 0.3 is 0 Å². The van der Waals surface area contributed by atoms with Gasteiger partial charge < -0.3 is 9.88 Å². The number of piperazine rings is 1. The summed E-state index contributed by atoms with van der Waals surface area (Å²) < 4.78 is 85.2. The lowest BCUT2D eigenvalue weighted by molar-refractivity contribution is 0.0169. The van der Waals surface area contributed by atoms with Crippen LogP contribution in [0.5, 0.6) is 0 Å². The lowest BCUT2D eigenvalue weighted by Gasteiger charge is -2.43. The molecule has 1 spiro atoms. The first-order valence-corrected chi connectivity index (χ1v) is 15.6. The van der Waals surface area contributed by atoms with Crippen LogP contribution in [0.25, 0.3) is 11.0 Å². The molecule has 11 nitrogen and oxygen atoms in total. The van der Waals surface area contributed by atoms with Gasteiger partial charge in [0.1, 0.15) is 17.8 Å². The fourth-order valence-corrected chi connectivity index (χ4v) is 9.59. The third-order valence-electron chi connectivity index (χ3n) is 8.02. The van der Waals surface area contributed by atoms with Crippen molar-refractivity contribution >= 4 is 37.1 Å². The van der Waals surface area contributed by atoms with Gasteiger partial charge in [-0.3, -0.25) is 0 Å². The van der Waals surface area contributed by atoms with Crippen LogP contribution < -0.4 is 4.90 Å². The maximum atomic E-state index is 14.4.